The minimum absolute atomic E-state index is 0.280. The Kier molecular flexibility index (Phi) is 2.90. The predicted molar refractivity (Wildman–Crippen MR) is 45.0 cm³/mol. The Hall–Kier alpha value is -0.650. The number of rotatable bonds is 2. The van der Waals surface area contributed by atoms with Crippen LogP contribution >= 0.6 is 11.6 Å². The van der Waals surface area contributed by atoms with Crippen molar-refractivity contribution in [1.29, 1.82) is 0 Å². The van der Waals surface area contributed by atoms with Crippen LogP contribution in [0.15, 0.2) is 23.1 Å². The lowest BCUT2D eigenvalue weighted by Crippen LogP contribution is -2.04. The second-order valence-electron chi connectivity index (χ2n) is 2.12. The summed E-state index contributed by atoms with van der Waals surface area (Å²) >= 11 is 5.36. The highest BCUT2D eigenvalue weighted by molar-refractivity contribution is 7.86. The van der Waals surface area contributed by atoms with Crippen LogP contribution in [0.2, 0.25) is 5.02 Å². The monoisotopic (exact) mass is 223 g/mol. The fourth-order valence-corrected chi connectivity index (χ4v) is 1.67. The first kappa shape index (κ1) is 10.4. The van der Waals surface area contributed by atoms with E-state index in [4.69, 9.17) is 11.6 Å². The van der Waals surface area contributed by atoms with Crippen molar-refractivity contribution in [2.75, 3.05) is 0 Å². The molecule has 6 heteroatoms. The zero-order valence-electron chi connectivity index (χ0n) is 6.33. The fraction of sp³-hybridized carbons (Fsp3) is 0. The third-order valence-corrected chi connectivity index (χ3v) is 2.80. The van der Waals surface area contributed by atoms with Crippen LogP contribution in [0.25, 0.3) is 0 Å². The van der Waals surface area contributed by atoms with Gasteiger partial charge in [-0.1, -0.05) is 17.7 Å². The van der Waals surface area contributed by atoms with E-state index in [1.807, 2.05) is 0 Å². The van der Waals surface area contributed by atoms with Crippen LogP contribution in [-0.4, -0.2) is 8.42 Å². The summed E-state index contributed by atoms with van der Waals surface area (Å²) in [4.78, 5) is -0.616. The van der Waals surface area contributed by atoms with E-state index in [9.17, 15) is 12.8 Å². The highest BCUT2D eigenvalue weighted by atomic mass is 35.5. The maximum Gasteiger partial charge on any atom is 0.300 e. The lowest BCUT2D eigenvalue weighted by atomic mass is 10.3. The quantitative estimate of drug-likeness (QED) is 0.720. The third kappa shape index (κ3) is 1.99. The molecule has 13 heavy (non-hydrogen) atoms. The molecule has 0 saturated heterocycles. The van der Waals surface area contributed by atoms with Crippen LogP contribution in [-0.2, 0) is 14.3 Å². The lowest BCUT2D eigenvalue weighted by molar-refractivity contribution is 0.431. The average molecular weight is 224 g/mol. The molecule has 71 valence electrons. The molecule has 0 bridgehead atoms. The first-order valence-electron chi connectivity index (χ1n) is 3.11. The molecule has 3 nitrogen and oxygen atoms in total. The Balaban J connectivity index is 3.40. The molecular formula is C7H5ClFO3S. The number of hydrogen-bond acceptors (Lipinski definition) is 3. The van der Waals surface area contributed by atoms with Gasteiger partial charge in [-0.3, -0.25) is 4.18 Å². The maximum absolute atomic E-state index is 13.1. The predicted octanol–water partition coefficient (Wildman–Crippen LogP) is 1.98. The van der Waals surface area contributed by atoms with Gasteiger partial charge in [0, 0.05) is 0 Å². The standard InChI is InChI=1S/C7H5ClFO3S/c1-12-13(10,11)6-4-2-3-5(8)7(6)9/h2-4H,1H2. The molecule has 0 N–H and O–H groups in total. The molecule has 0 aliphatic rings. The van der Waals surface area contributed by atoms with E-state index in [1.54, 1.807) is 0 Å². The SMILES string of the molecule is [CH2]OS(=O)(=O)c1cccc(Cl)c1F. The van der Waals surface area contributed by atoms with Crippen LogP contribution in [0.5, 0.6) is 0 Å². The molecule has 0 aromatic heterocycles. The van der Waals surface area contributed by atoms with Gasteiger partial charge >= 0.3 is 0 Å². The molecular weight excluding hydrogens is 219 g/mol. The van der Waals surface area contributed by atoms with E-state index in [0.29, 0.717) is 0 Å². The van der Waals surface area contributed by atoms with E-state index in [0.717, 1.165) is 6.07 Å². The van der Waals surface area contributed by atoms with Gasteiger partial charge in [0.25, 0.3) is 10.1 Å². The molecule has 0 unspecified atom stereocenters. The van der Waals surface area contributed by atoms with Gasteiger partial charge in [0.1, 0.15) is 4.90 Å². The number of benzene rings is 1. The van der Waals surface area contributed by atoms with Crippen LogP contribution in [0, 0.1) is 12.9 Å². The summed E-state index contributed by atoms with van der Waals surface area (Å²) in [5.74, 6) is -1.03. The first-order valence-corrected chi connectivity index (χ1v) is 4.90. The van der Waals surface area contributed by atoms with Crippen molar-refractivity contribution in [3.05, 3.63) is 36.1 Å². The second-order valence-corrected chi connectivity index (χ2v) is 4.11. The van der Waals surface area contributed by atoms with Crippen molar-refractivity contribution in [1.82, 2.24) is 0 Å². The largest absolute Gasteiger partial charge is 0.300 e. The van der Waals surface area contributed by atoms with Crippen molar-refractivity contribution in [3.63, 3.8) is 0 Å². The molecule has 0 atom stereocenters. The van der Waals surface area contributed by atoms with Crippen molar-refractivity contribution >= 4 is 21.7 Å². The zero-order valence-corrected chi connectivity index (χ0v) is 7.90. The molecule has 0 saturated carbocycles. The topological polar surface area (TPSA) is 43.4 Å². The van der Waals surface area contributed by atoms with E-state index in [2.05, 4.69) is 11.3 Å². The molecule has 1 aromatic carbocycles. The van der Waals surface area contributed by atoms with Gasteiger partial charge in [0.05, 0.1) is 12.1 Å². The molecule has 0 amide bonds. The molecule has 1 radical (unpaired) electrons. The van der Waals surface area contributed by atoms with E-state index >= 15 is 0 Å². The van der Waals surface area contributed by atoms with Crippen LogP contribution in [0.4, 0.5) is 4.39 Å². The molecule has 0 aliphatic carbocycles. The smallest absolute Gasteiger partial charge is 0.264 e. The summed E-state index contributed by atoms with van der Waals surface area (Å²) in [5, 5.41) is -0.280. The van der Waals surface area contributed by atoms with Gasteiger partial charge < -0.3 is 0 Å². The fourth-order valence-electron chi connectivity index (χ4n) is 0.741. The van der Waals surface area contributed by atoms with Crippen LogP contribution < -0.4 is 0 Å². The second kappa shape index (κ2) is 3.61. The minimum Gasteiger partial charge on any atom is -0.264 e. The minimum atomic E-state index is -4.12. The van der Waals surface area contributed by atoms with Gasteiger partial charge in [0.2, 0.25) is 0 Å². The first-order chi connectivity index (χ1) is 5.99. The van der Waals surface area contributed by atoms with Crippen LogP contribution in [0.3, 0.4) is 0 Å². The van der Waals surface area contributed by atoms with E-state index in [-0.39, 0.29) is 5.02 Å². The van der Waals surface area contributed by atoms with Crippen molar-refractivity contribution in [2.24, 2.45) is 0 Å². The lowest BCUT2D eigenvalue weighted by Gasteiger charge is -2.02. The summed E-state index contributed by atoms with van der Waals surface area (Å²) in [5.41, 5.74) is 0. The number of halogens is 2. The maximum atomic E-state index is 13.1. The normalized spacial score (nSPS) is 11.6. The Morgan fingerprint density at radius 2 is 2.08 bits per heavy atom. The Morgan fingerprint density at radius 1 is 1.46 bits per heavy atom. The summed E-state index contributed by atoms with van der Waals surface area (Å²) in [7, 11) is -1.42. The molecule has 0 aliphatic heterocycles. The Morgan fingerprint density at radius 3 is 2.62 bits per heavy atom. The van der Waals surface area contributed by atoms with Gasteiger partial charge in [-0.25, -0.2) is 4.39 Å². The highest BCUT2D eigenvalue weighted by Gasteiger charge is 2.19. The van der Waals surface area contributed by atoms with Crippen molar-refractivity contribution < 1.29 is 17.0 Å². The van der Waals surface area contributed by atoms with Gasteiger partial charge in [-0.15, -0.1) is 0 Å². The Labute approximate surface area is 80.2 Å². The summed E-state index contributed by atoms with van der Waals surface area (Å²) < 4.78 is 38.9. The summed E-state index contributed by atoms with van der Waals surface area (Å²) in [6.45, 7) is 0. The summed E-state index contributed by atoms with van der Waals surface area (Å²) in [6, 6.07) is 3.58. The Bertz CT molecular complexity index is 416. The van der Waals surface area contributed by atoms with Crippen molar-refractivity contribution in [3.8, 4) is 0 Å². The van der Waals surface area contributed by atoms with Crippen molar-refractivity contribution in [2.45, 2.75) is 4.90 Å². The van der Waals surface area contributed by atoms with E-state index in [1.165, 1.54) is 12.1 Å². The van der Waals surface area contributed by atoms with Gasteiger partial charge in [-0.2, -0.15) is 8.42 Å². The molecule has 0 spiro atoms. The molecule has 1 rings (SSSR count). The zero-order chi connectivity index (χ0) is 10.1. The van der Waals surface area contributed by atoms with Crippen LogP contribution in [0.1, 0.15) is 0 Å². The molecule has 0 fully saturated rings. The van der Waals surface area contributed by atoms with Gasteiger partial charge in [-0.05, 0) is 12.1 Å². The third-order valence-electron chi connectivity index (χ3n) is 1.34. The average Bonchev–Trinajstić information content (AvgIpc) is 2.09. The summed E-state index contributed by atoms with van der Waals surface area (Å²) in [6.07, 6.45) is 0. The molecule has 1 aromatic rings. The number of hydrogen-bond donors (Lipinski definition) is 0. The van der Waals surface area contributed by atoms with Gasteiger partial charge in [0.15, 0.2) is 5.82 Å². The van der Waals surface area contributed by atoms with E-state index < -0.39 is 20.8 Å². The highest BCUT2D eigenvalue weighted by Crippen LogP contribution is 2.22. The molecule has 0 heterocycles.